The van der Waals surface area contributed by atoms with Crippen molar-refractivity contribution >= 4 is 32.6 Å². The second-order valence-corrected chi connectivity index (χ2v) is 38.4. The molecule has 6 radical (unpaired) electrons. The molecular weight excluding hydrogens is 2270 g/mol. The first-order valence-electron chi connectivity index (χ1n) is 49.9. The van der Waals surface area contributed by atoms with Crippen molar-refractivity contribution in [3.05, 3.63) is 591 Å². The summed E-state index contributed by atoms with van der Waals surface area (Å²) < 4.78 is 2.37. The first-order chi connectivity index (χ1) is 70.8. The van der Waals surface area contributed by atoms with Gasteiger partial charge >= 0.3 is 0 Å². The van der Waals surface area contributed by atoms with Gasteiger partial charge in [0.15, 0.2) is 0 Å². The van der Waals surface area contributed by atoms with Gasteiger partial charge in [0, 0.05) is 213 Å². The first kappa shape index (κ1) is 111. The van der Waals surface area contributed by atoms with E-state index in [2.05, 4.69) is 435 Å². The van der Waals surface area contributed by atoms with Crippen LogP contribution in [0.1, 0.15) is 106 Å². The number of aryl methyl sites for hydroxylation is 7. The summed E-state index contributed by atoms with van der Waals surface area (Å²) >= 11 is 0. The van der Waals surface area contributed by atoms with E-state index in [4.69, 9.17) is 0 Å². The summed E-state index contributed by atoms with van der Waals surface area (Å²) in [6, 6.07) is 185. The average molecular weight is 2370 g/mol. The molecule has 0 saturated carbocycles. The van der Waals surface area contributed by atoms with Gasteiger partial charge in [0.25, 0.3) is 0 Å². The fourth-order valence-electron chi connectivity index (χ4n) is 22.1. The van der Waals surface area contributed by atoms with Gasteiger partial charge in [-0.25, -0.2) is 61.2 Å². The molecule has 0 atom stereocenters. The number of nitrogens with zero attached hydrogens (tertiary/aromatic N) is 1. The van der Waals surface area contributed by atoms with Crippen molar-refractivity contribution in [1.29, 1.82) is 0 Å². The molecule has 6 aliphatic rings. The number of benzene rings is 22. The van der Waals surface area contributed by atoms with E-state index in [0.29, 0.717) is 0 Å². The van der Waals surface area contributed by atoms with Gasteiger partial charge in [0.1, 0.15) is 0 Å². The molecule has 0 bridgehead atoms. The van der Waals surface area contributed by atoms with E-state index in [1.54, 1.807) is 0 Å². The third-order valence-corrected chi connectivity index (χ3v) is 29.2. The van der Waals surface area contributed by atoms with Crippen molar-refractivity contribution in [2.45, 2.75) is 87.0 Å². The molecule has 23 aromatic rings. The van der Waals surface area contributed by atoms with Crippen LogP contribution in [0.3, 0.4) is 0 Å². The Balaban J connectivity index is 0.000000118. The summed E-state index contributed by atoms with van der Waals surface area (Å²) in [5.41, 5.74) is 60.0. The molecule has 0 saturated heterocycles. The zero-order valence-corrected chi connectivity index (χ0v) is 102. The minimum atomic E-state index is 0. The van der Waals surface area contributed by atoms with Crippen LogP contribution in [0.15, 0.2) is 413 Å². The van der Waals surface area contributed by atoms with Crippen LogP contribution >= 0.6 is 0 Å². The number of aromatic nitrogens is 1. The monoisotopic (exact) mass is 2370 g/mol. The summed E-state index contributed by atoms with van der Waals surface area (Å²) in [7, 11) is 0. The van der Waals surface area contributed by atoms with Crippen LogP contribution in [0.25, 0.3) is 172 Å². The number of fused-ring (bicyclic) bond motifs is 23. The van der Waals surface area contributed by atoms with Crippen molar-refractivity contribution in [2.24, 2.45) is 0 Å². The maximum absolute atomic E-state index is 3.61. The Morgan fingerprint density at radius 2 is 0.687 bits per heavy atom. The Hall–Kier alpha value is -10.5. The average Bonchev–Trinajstić information content (AvgIpc) is 1.57. The molecule has 22 aromatic carbocycles. The van der Waals surface area contributed by atoms with Crippen LogP contribution in [0.5, 0.6) is 0 Å². The molecule has 1 heterocycles. The van der Waals surface area contributed by atoms with E-state index in [1.807, 2.05) is 103 Å². The number of rotatable bonds is 7. The van der Waals surface area contributed by atoms with Crippen molar-refractivity contribution in [3.8, 4) is 139 Å². The molecule has 0 fully saturated rings. The summed E-state index contributed by atoms with van der Waals surface area (Å²) in [4.78, 5) is 0. The summed E-state index contributed by atoms with van der Waals surface area (Å²) in [6.45, 7) is 15.3. The van der Waals surface area contributed by atoms with Gasteiger partial charge in [-0.3, -0.25) is 0 Å². The predicted octanol–water partition coefficient (Wildman–Crippen LogP) is 35.2. The van der Waals surface area contributed by atoms with Crippen molar-refractivity contribution in [2.75, 3.05) is 0 Å². The standard InChI is InChI=1S/C23H17N.6C20H14.6Y/c1-16-11-13-21-20(15-16)23-19-10-6-5-7-17(19)12-14-22(23)24(21)18-8-3-2-4-9-18;1-14-7-5-12-18-19(14)13-16-10-6-11-17(20(16)18)15-8-3-2-4-9-15;1-14-6-5-9-19-18-11-10-16(12-17(18)13-20(14)19)15-7-3-2-4-8-15;1-14-6-5-9-18-19(14)13-17-11-10-16(12-20(17)18)15-7-3-2-4-8-15;1-14-6-5-9-17-13-18-12-16(10-11-19(18)20(14)17)15-7-3-2-4-8-15;1-14-11-17(15-7-3-2-4-8-15)13-20-18-10-6-5-9-16(18)12-19(14)20;1-14-10-11-16-13-20-17(15-6-3-2-4-7-15)8-5-9-18(20)19(16)12-14;;;;;;/h2-15H,1H3;2-8,10,12H,13H2,1H3;2-7,9-11H,13H2,1H3;2*2-7,9,11-12H,13H2,1H3;2-7,9-11H,12H2,1H3;2-6,9-12H,13H2,1H3;;;;;;/q;6*-2;;;;;;. The molecule has 0 aliphatic heterocycles. The minimum absolute atomic E-state index is 0. The Bertz CT molecular complexity index is 8800. The van der Waals surface area contributed by atoms with E-state index < -0.39 is 0 Å². The Morgan fingerprint density at radius 1 is 0.207 bits per heavy atom. The number of para-hydroxylation sites is 1. The van der Waals surface area contributed by atoms with Gasteiger partial charge in [0.2, 0.25) is 0 Å². The molecule has 0 N–H and O–H groups in total. The second kappa shape index (κ2) is 50.2. The molecule has 0 amide bonds. The molecule has 6 aliphatic carbocycles. The largest absolute Gasteiger partial charge is 0.309 e. The van der Waals surface area contributed by atoms with E-state index in [9.17, 15) is 0 Å². The summed E-state index contributed by atoms with van der Waals surface area (Å²) in [6.07, 6.45) is 6.13. The zero-order chi connectivity index (χ0) is 97.3. The van der Waals surface area contributed by atoms with Crippen LogP contribution in [-0.4, -0.2) is 4.57 Å². The van der Waals surface area contributed by atoms with Crippen molar-refractivity contribution in [1.82, 2.24) is 4.57 Å². The van der Waals surface area contributed by atoms with Gasteiger partial charge in [-0.05, 0) is 177 Å². The number of hydrogen-bond acceptors (Lipinski definition) is 0. The molecule has 1 aromatic heterocycles. The number of hydrogen-bond donors (Lipinski definition) is 0. The third-order valence-electron chi connectivity index (χ3n) is 29.2. The molecule has 708 valence electrons. The normalized spacial score (nSPS) is 11.5. The Labute approximate surface area is 1040 Å². The molecule has 1 nitrogen and oxygen atoms in total. The van der Waals surface area contributed by atoms with E-state index in [-0.39, 0.29) is 196 Å². The third kappa shape index (κ3) is 23.0. The quantitative estimate of drug-likeness (QED) is 0.140. The molecule has 7 heteroatoms. The van der Waals surface area contributed by atoms with Crippen LogP contribution in [-0.2, 0) is 235 Å². The zero-order valence-electron chi connectivity index (χ0n) is 85.4. The smallest absolute Gasteiger partial charge is 0.0547 e. The topological polar surface area (TPSA) is 4.93 Å². The van der Waals surface area contributed by atoms with Gasteiger partial charge < -0.3 is 4.57 Å². The van der Waals surface area contributed by atoms with Gasteiger partial charge in [-0.15, -0.1) is 116 Å². The fraction of sp³-hybridized carbons (Fsp3) is 0.0909. The van der Waals surface area contributed by atoms with Crippen molar-refractivity contribution < 1.29 is 196 Å². The second-order valence-electron chi connectivity index (χ2n) is 38.4. The van der Waals surface area contributed by atoms with E-state index >= 15 is 0 Å². The van der Waals surface area contributed by atoms with E-state index in [1.165, 1.54) is 222 Å². The first-order valence-corrected chi connectivity index (χ1v) is 49.9. The fourth-order valence-corrected chi connectivity index (χ4v) is 22.1. The van der Waals surface area contributed by atoms with Crippen molar-refractivity contribution in [3.63, 3.8) is 0 Å². The van der Waals surface area contributed by atoms with Crippen LogP contribution in [0, 0.1) is 121 Å². The molecule has 0 unspecified atom stereocenters. The minimum Gasteiger partial charge on any atom is -0.309 e. The molecular formula is C143H101NY6-12. The van der Waals surface area contributed by atoms with Crippen LogP contribution in [0.2, 0.25) is 0 Å². The Kier molecular flexibility index (Phi) is 37.0. The maximum atomic E-state index is 3.61. The SMILES string of the molecule is Cc1cc(-c2[c-]cccc2)[c-]c2c1Cc1ccccc1-2.Cc1ccc2c(c1)-c1cc[c-]c(-c3[c-]cccc3)c1C2.Cc1ccc2c(c1)c1c3ccccc3ccc1n2-c1ccccc1.Cc1cccc2c1-c1c[c-]c(-c3[c-]cccc3)cc1C2.Cc1cccc2c1Cc1[c-]c(-c3[c-]cccc3)ccc1-2.Cc1cccc2c1Cc1c[c-]c(-c3[c-]cccc3)cc1-2.Cc1cccc2c1Cc1cc[c-]c(-c3[c-]cccc3)c1-2.[Y].[Y].[Y].[Y].[Y].[Y]. The van der Waals surface area contributed by atoms with Gasteiger partial charge in [-0.2, -0.15) is 236 Å². The van der Waals surface area contributed by atoms with E-state index in [0.717, 1.165) is 94.2 Å². The van der Waals surface area contributed by atoms with Crippen LogP contribution < -0.4 is 0 Å². The van der Waals surface area contributed by atoms with Gasteiger partial charge in [-0.1, -0.05) is 232 Å². The molecule has 29 rings (SSSR count). The molecule has 150 heavy (non-hydrogen) atoms. The summed E-state index contributed by atoms with van der Waals surface area (Å²) in [5, 5.41) is 5.28. The van der Waals surface area contributed by atoms with Crippen LogP contribution in [0.4, 0.5) is 0 Å². The predicted molar refractivity (Wildman–Crippen MR) is 598 cm³/mol. The molecule has 0 spiro atoms. The summed E-state index contributed by atoms with van der Waals surface area (Å²) in [5.74, 6) is 0. The van der Waals surface area contributed by atoms with Gasteiger partial charge in [0.05, 0.1) is 11.0 Å². The Morgan fingerprint density at radius 3 is 1.36 bits per heavy atom. The maximum Gasteiger partial charge on any atom is 0.0547 e.